The molecule has 1 aromatic heterocycles. The molecule has 1 amide bonds. The summed E-state index contributed by atoms with van der Waals surface area (Å²) in [6.45, 7) is 8.32. The lowest BCUT2D eigenvalue weighted by molar-refractivity contribution is -0.124. The Hall–Kier alpha value is -2.55. The predicted octanol–water partition coefficient (Wildman–Crippen LogP) is 3.53. The third-order valence-electron chi connectivity index (χ3n) is 4.89. The maximum absolute atomic E-state index is 13.3. The zero-order valence-corrected chi connectivity index (χ0v) is 20.1. The molecule has 8 nitrogen and oxygen atoms in total. The molecule has 1 heterocycles. The Morgan fingerprint density at radius 2 is 1.87 bits per heavy atom. The van der Waals surface area contributed by atoms with E-state index in [0.29, 0.717) is 24.6 Å². The molecule has 0 aliphatic carbocycles. The zero-order chi connectivity index (χ0) is 23.1. The van der Waals surface area contributed by atoms with Gasteiger partial charge < -0.3 is 15.4 Å². The monoisotopic (exact) mass is 494 g/mol. The first-order valence-electron chi connectivity index (χ1n) is 10.5. The number of hydrogen-bond acceptors (Lipinski definition) is 5. The molecule has 0 radical (unpaired) electrons. The van der Waals surface area contributed by atoms with Crippen LogP contribution in [-0.2, 0) is 11.3 Å². The second-order valence-electron chi connectivity index (χ2n) is 7.88. The highest BCUT2D eigenvalue weighted by Gasteiger charge is 2.28. The second-order valence-corrected chi connectivity index (χ2v) is 8.80. The number of H-pyrrole nitrogens is 1. The summed E-state index contributed by atoms with van der Waals surface area (Å²) in [6.07, 6.45) is 1.37. The molecule has 0 saturated carbocycles. The quantitative estimate of drug-likeness (QED) is 0.524. The number of carbonyl (C=O) groups is 1. The minimum absolute atomic E-state index is 0.00449. The first-order valence-corrected chi connectivity index (χ1v) is 11.3. The molecule has 0 bridgehead atoms. The molecule has 0 spiro atoms. The molecular weight excluding hydrogens is 464 g/mol. The standard InChI is InChI=1S/C22H31BrN4O4/c1-5-6-12-27-19(24)18(20(28)25-22(27)30)26(13-11-14(2)3)21(29)15(4)31-17-9-7-16(23)8-10-17/h7-10,14-15H,5-6,11-13,24H2,1-4H3,(H,25,28,30). The highest BCUT2D eigenvalue weighted by molar-refractivity contribution is 9.10. The number of nitrogens with two attached hydrogens (primary N) is 1. The van der Waals surface area contributed by atoms with Crippen molar-refractivity contribution in [1.29, 1.82) is 0 Å². The Labute approximate surface area is 190 Å². The number of amides is 1. The minimum Gasteiger partial charge on any atom is -0.481 e. The SMILES string of the molecule is CCCCn1c(N)c(N(CCC(C)C)C(=O)C(C)Oc2ccc(Br)cc2)c(=O)[nH]c1=O. The summed E-state index contributed by atoms with van der Waals surface area (Å²) in [7, 11) is 0. The van der Waals surface area contributed by atoms with Crippen LogP contribution < -0.4 is 26.6 Å². The van der Waals surface area contributed by atoms with Crippen molar-refractivity contribution in [3.05, 3.63) is 49.6 Å². The largest absolute Gasteiger partial charge is 0.481 e. The maximum Gasteiger partial charge on any atom is 0.330 e. The van der Waals surface area contributed by atoms with E-state index in [-0.39, 0.29) is 18.1 Å². The normalized spacial score (nSPS) is 12.1. The molecule has 2 rings (SSSR count). The van der Waals surface area contributed by atoms with Crippen molar-refractivity contribution in [1.82, 2.24) is 9.55 Å². The molecule has 170 valence electrons. The topological polar surface area (TPSA) is 110 Å². The van der Waals surface area contributed by atoms with Gasteiger partial charge in [-0.25, -0.2) is 4.79 Å². The van der Waals surface area contributed by atoms with Crippen molar-refractivity contribution in [3.8, 4) is 5.75 Å². The van der Waals surface area contributed by atoms with Crippen molar-refractivity contribution in [3.63, 3.8) is 0 Å². The first kappa shape index (κ1) is 24.7. The van der Waals surface area contributed by atoms with E-state index in [1.165, 1.54) is 9.47 Å². The zero-order valence-electron chi connectivity index (χ0n) is 18.5. The number of rotatable bonds is 10. The van der Waals surface area contributed by atoms with Crippen LogP contribution in [0.4, 0.5) is 11.5 Å². The van der Waals surface area contributed by atoms with E-state index in [1.807, 2.05) is 32.9 Å². The van der Waals surface area contributed by atoms with Crippen LogP contribution >= 0.6 is 15.9 Å². The summed E-state index contributed by atoms with van der Waals surface area (Å²) < 4.78 is 8.02. The van der Waals surface area contributed by atoms with Gasteiger partial charge in [0.15, 0.2) is 11.8 Å². The average Bonchev–Trinajstić information content (AvgIpc) is 2.71. The van der Waals surface area contributed by atoms with Crippen molar-refractivity contribution < 1.29 is 9.53 Å². The Bertz CT molecular complexity index is 998. The Morgan fingerprint density at radius 3 is 2.45 bits per heavy atom. The average molecular weight is 495 g/mol. The van der Waals surface area contributed by atoms with Crippen LogP contribution in [0.1, 0.15) is 47.0 Å². The summed E-state index contributed by atoms with van der Waals surface area (Å²) in [6, 6.07) is 7.13. The van der Waals surface area contributed by atoms with Gasteiger partial charge in [0, 0.05) is 17.6 Å². The number of nitrogens with one attached hydrogen (secondary N) is 1. The molecule has 31 heavy (non-hydrogen) atoms. The van der Waals surface area contributed by atoms with E-state index in [1.54, 1.807) is 19.1 Å². The van der Waals surface area contributed by atoms with Crippen LogP contribution in [0.5, 0.6) is 5.75 Å². The third kappa shape index (κ3) is 6.46. The van der Waals surface area contributed by atoms with E-state index in [0.717, 1.165) is 17.3 Å². The van der Waals surface area contributed by atoms with Crippen LogP contribution in [0, 0.1) is 5.92 Å². The third-order valence-corrected chi connectivity index (χ3v) is 5.42. The Morgan fingerprint density at radius 1 is 1.23 bits per heavy atom. The Balaban J connectivity index is 2.43. The van der Waals surface area contributed by atoms with Gasteiger partial charge in [-0.05, 0) is 49.9 Å². The number of carbonyl (C=O) groups excluding carboxylic acids is 1. The van der Waals surface area contributed by atoms with E-state index in [9.17, 15) is 14.4 Å². The number of hydrogen-bond donors (Lipinski definition) is 2. The predicted molar refractivity (Wildman–Crippen MR) is 127 cm³/mol. The van der Waals surface area contributed by atoms with E-state index in [4.69, 9.17) is 10.5 Å². The number of benzene rings is 1. The number of anilines is 2. The molecule has 0 fully saturated rings. The van der Waals surface area contributed by atoms with Gasteiger partial charge in [-0.15, -0.1) is 0 Å². The van der Waals surface area contributed by atoms with Gasteiger partial charge in [0.2, 0.25) is 0 Å². The lowest BCUT2D eigenvalue weighted by Crippen LogP contribution is -2.46. The number of ether oxygens (including phenoxy) is 1. The van der Waals surface area contributed by atoms with E-state index < -0.39 is 23.3 Å². The molecule has 0 aliphatic heterocycles. The smallest absolute Gasteiger partial charge is 0.330 e. The summed E-state index contributed by atoms with van der Waals surface area (Å²) >= 11 is 3.36. The molecule has 9 heteroatoms. The van der Waals surface area contributed by atoms with Crippen LogP contribution in [-0.4, -0.2) is 28.1 Å². The highest BCUT2D eigenvalue weighted by Crippen LogP contribution is 2.22. The molecular formula is C22H31BrN4O4. The molecule has 0 aliphatic rings. The fourth-order valence-corrected chi connectivity index (χ4v) is 3.35. The van der Waals surface area contributed by atoms with Crippen molar-refractivity contribution in [2.45, 2.75) is 59.6 Å². The number of nitrogens with zero attached hydrogens (tertiary/aromatic N) is 2. The molecule has 2 aromatic rings. The number of aromatic amines is 1. The van der Waals surface area contributed by atoms with Crippen LogP contribution in [0.25, 0.3) is 0 Å². The molecule has 3 N–H and O–H groups in total. The van der Waals surface area contributed by atoms with Gasteiger partial charge in [0.1, 0.15) is 11.6 Å². The van der Waals surface area contributed by atoms with Crippen molar-refractivity contribution in [2.75, 3.05) is 17.2 Å². The summed E-state index contributed by atoms with van der Waals surface area (Å²) in [4.78, 5) is 42.0. The van der Waals surface area contributed by atoms with Crippen molar-refractivity contribution >= 4 is 33.3 Å². The van der Waals surface area contributed by atoms with Crippen LogP contribution in [0.2, 0.25) is 0 Å². The minimum atomic E-state index is -0.858. The lowest BCUT2D eigenvalue weighted by atomic mass is 10.1. The van der Waals surface area contributed by atoms with Gasteiger partial charge in [-0.2, -0.15) is 0 Å². The first-order chi connectivity index (χ1) is 14.6. The van der Waals surface area contributed by atoms with Gasteiger partial charge >= 0.3 is 5.69 Å². The fraction of sp³-hybridized carbons (Fsp3) is 0.500. The summed E-state index contributed by atoms with van der Waals surface area (Å²) in [5.41, 5.74) is 4.98. The Kier molecular flexibility index (Phi) is 8.91. The van der Waals surface area contributed by atoms with Gasteiger partial charge in [-0.1, -0.05) is 43.1 Å². The molecule has 1 unspecified atom stereocenters. The number of unbranched alkanes of at least 4 members (excludes halogenated alkanes) is 1. The maximum atomic E-state index is 13.3. The van der Waals surface area contributed by atoms with Crippen LogP contribution in [0.3, 0.4) is 0 Å². The second kappa shape index (κ2) is 11.2. The van der Waals surface area contributed by atoms with Crippen molar-refractivity contribution in [2.24, 2.45) is 5.92 Å². The summed E-state index contributed by atoms with van der Waals surface area (Å²) in [5.74, 6) is 0.420. The van der Waals surface area contributed by atoms with Gasteiger partial charge in [0.25, 0.3) is 11.5 Å². The highest BCUT2D eigenvalue weighted by atomic mass is 79.9. The summed E-state index contributed by atoms with van der Waals surface area (Å²) in [5, 5.41) is 0. The van der Waals surface area contributed by atoms with Gasteiger partial charge in [-0.3, -0.25) is 19.1 Å². The van der Waals surface area contributed by atoms with E-state index in [2.05, 4.69) is 20.9 Å². The fourth-order valence-electron chi connectivity index (χ4n) is 3.08. The van der Waals surface area contributed by atoms with E-state index >= 15 is 0 Å². The molecule has 0 saturated heterocycles. The lowest BCUT2D eigenvalue weighted by Gasteiger charge is -2.28. The van der Waals surface area contributed by atoms with Crippen LogP contribution in [0.15, 0.2) is 38.3 Å². The molecule has 1 aromatic carbocycles. The number of halogens is 1. The molecule has 1 atom stereocenters. The number of nitrogen functional groups attached to an aromatic ring is 1. The number of aromatic nitrogens is 2. The van der Waals surface area contributed by atoms with Gasteiger partial charge in [0.05, 0.1) is 0 Å².